The number of hydrogen-bond acceptors (Lipinski definition) is 5. The van der Waals surface area contributed by atoms with Gasteiger partial charge < -0.3 is 14.8 Å². The Balaban J connectivity index is 1.63. The number of aromatic nitrogens is 3. The van der Waals surface area contributed by atoms with Crippen LogP contribution < -0.4 is 14.8 Å². The van der Waals surface area contributed by atoms with Crippen molar-refractivity contribution < 1.29 is 22.6 Å². The molecule has 1 unspecified atom stereocenters. The van der Waals surface area contributed by atoms with Crippen molar-refractivity contribution in [1.82, 2.24) is 14.8 Å². The van der Waals surface area contributed by atoms with Crippen LogP contribution in [0.25, 0.3) is 17.1 Å². The second kappa shape index (κ2) is 8.83. The number of alkyl halides is 3. The number of aryl methyl sites for hydroxylation is 1. The number of fused-ring (bicyclic) bond motifs is 1. The van der Waals surface area contributed by atoms with Gasteiger partial charge in [0.2, 0.25) is 5.95 Å². The minimum atomic E-state index is -4.83. The third-order valence-corrected chi connectivity index (χ3v) is 5.64. The van der Waals surface area contributed by atoms with Crippen LogP contribution in [0.5, 0.6) is 11.5 Å². The smallest absolute Gasteiger partial charge is 0.497 e. The van der Waals surface area contributed by atoms with E-state index in [2.05, 4.69) is 20.1 Å². The van der Waals surface area contributed by atoms with Crippen molar-refractivity contribution in [1.29, 1.82) is 0 Å². The highest BCUT2D eigenvalue weighted by Gasteiger charge is 2.34. The van der Waals surface area contributed by atoms with E-state index in [1.165, 1.54) is 12.1 Å². The molecule has 3 aromatic carbocycles. The predicted octanol–water partition coefficient (Wildman–Crippen LogP) is 6.22. The standard InChI is InChI=1S/C26H21F3N4O2/c1-16-7-9-18(10-8-16)24-31-25-30-21(17-11-13-19(34-2)14-12-17)15-22(33(25)32-24)20-5-3-4-6-23(20)35-26(27,28)29/h3-15,22H,1-2H3,(H,30,31,32). The number of para-hydroxylation sites is 1. The molecule has 5 rings (SSSR count). The molecule has 1 aliphatic rings. The Hall–Kier alpha value is -4.27. The summed E-state index contributed by atoms with van der Waals surface area (Å²) in [6, 6.07) is 20.4. The van der Waals surface area contributed by atoms with Crippen LogP contribution in [0.15, 0.2) is 78.9 Å². The Bertz CT molecular complexity index is 1380. The molecular weight excluding hydrogens is 457 g/mol. The minimum absolute atomic E-state index is 0.296. The highest BCUT2D eigenvalue weighted by atomic mass is 19.4. The summed E-state index contributed by atoms with van der Waals surface area (Å²) in [6.07, 6.45) is -3.02. The van der Waals surface area contributed by atoms with Gasteiger partial charge in [0.05, 0.1) is 7.11 Å². The van der Waals surface area contributed by atoms with Gasteiger partial charge in [-0.1, -0.05) is 48.0 Å². The van der Waals surface area contributed by atoms with Gasteiger partial charge in [0.1, 0.15) is 17.5 Å². The average Bonchev–Trinajstić information content (AvgIpc) is 3.28. The molecule has 0 saturated heterocycles. The van der Waals surface area contributed by atoms with Gasteiger partial charge in [-0.25, -0.2) is 4.68 Å². The summed E-state index contributed by atoms with van der Waals surface area (Å²) >= 11 is 0. The second-order valence-corrected chi connectivity index (χ2v) is 8.03. The Morgan fingerprint density at radius 3 is 2.29 bits per heavy atom. The van der Waals surface area contributed by atoms with E-state index in [1.807, 2.05) is 55.5 Å². The number of hydrogen-bond donors (Lipinski definition) is 1. The van der Waals surface area contributed by atoms with Gasteiger partial charge in [-0.2, -0.15) is 4.98 Å². The number of methoxy groups -OCH3 is 1. The molecule has 0 bridgehead atoms. The number of halogens is 3. The van der Waals surface area contributed by atoms with Crippen LogP contribution in [-0.4, -0.2) is 28.2 Å². The predicted molar refractivity (Wildman–Crippen MR) is 126 cm³/mol. The molecule has 9 heteroatoms. The molecule has 178 valence electrons. The molecule has 1 aliphatic heterocycles. The van der Waals surface area contributed by atoms with Crippen LogP contribution in [-0.2, 0) is 0 Å². The Kier molecular flexibility index (Phi) is 5.68. The molecule has 0 saturated carbocycles. The molecule has 0 spiro atoms. The maximum absolute atomic E-state index is 13.2. The van der Waals surface area contributed by atoms with Crippen molar-refractivity contribution in [3.05, 3.63) is 95.6 Å². The molecule has 0 amide bonds. The summed E-state index contributed by atoms with van der Waals surface area (Å²) in [5, 5.41) is 7.91. The fourth-order valence-electron chi connectivity index (χ4n) is 3.92. The van der Waals surface area contributed by atoms with Crippen molar-refractivity contribution in [2.45, 2.75) is 19.3 Å². The Labute approximate surface area is 199 Å². The van der Waals surface area contributed by atoms with Crippen molar-refractivity contribution in [2.24, 2.45) is 0 Å². The molecule has 35 heavy (non-hydrogen) atoms. The molecule has 0 aliphatic carbocycles. The highest BCUT2D eigenvalue weighted by molar-refractivity contribution is 5.78. The van der Waals surface area contributed by atoms with Crippen molar-refractivity contribution in [3.63, 3.8) is 0 Å². The third-order valence-electron chi connectivity index (χ3n) is 5.64. The van der Waals surface area contributed by atoms with E-state index in [4.69, 9.17) is 4.74 Å². The van der Waals surface area contributed by atoms with E-state index in [0.717, 1.165) is 16.7 Å². The van der Waals surface area contributed by atoms with E-state index in [1.54, 1.807) is 30.0 Å². The fraction of sp³-hybridized carbons (Fsp3) is 0.154. The molecule has 6 nitrogen and oxygen atoms in total. The van der Waals surface area contributed by atoms with Gasteiger partial charge >= 0.3 is 6.36 Å². The zero-order valence-electron chi connectivity index (χ0n) is 18.9. The van der Waals surface area contributed by atoms with Crippen LogP contribution >= 0.6 is 0 Å². The maximum atomic E-state index is 13.2. The number of allylic oxidation sites excluding steroid dienone is 1. The van der Waals surface area contributed by atoms with Gasteiger partial charge in [0.15, 0.2) is 5.82 Å². The lowest BCUT2D eigenvalue weighted by molar-refractivity contribution is -0.275. The van der Waals surface area contributed by atoms with Gasteiger partial charge in [-0.15, -0.1) is 18.3 Å². The first-order valence-corrected chi connectivity index (χ1v) is 10.8. The first-order valence-electron chi connectivity index (χ1n) is 10.8. The summed E-state index contributed by atoms with van der Waals surface area (Å²) in [7, 11) is 1.58. The van der Waals surface area contributed by atoms with Crippen molar-refractivity contribution in [3.8, 4) is 22.9 Å². The van der Waals surface area contributed by atoms with E-state index in [0.29, 0.717) is 28.8 Å². The zero-order chi connectivity index (χ0) is 24.6. The highest BCUT2D eigenvalue weighted by Crippen LogP contribution is 2.39. The summed E-state index contributed by atoms with van der Waals surface area (Å²) in [6.45, 7) is 1.98. The van der Waals surface area contributed by atoms with E-state index in [9.17, 15) is 13.2 Å². The van der Waals surface area contributed by atoms with E-state index >= 15 is 0 Å². The van der Waals surface area contributed by atoms with E-state index < -0.39 is 12.4 Å². The molecule has 1 N–H and O–H groups in total. The minimum Gasteiger partial charge on any atom is -0.497 e. The van der Waals surface area contributed by atoms with Gasteiger partial charge in [-0.3, -0.25) is 0 Å². The van der Waals surface area contributed by atoms with Crippen LogP contribution in [0, 0.1) is 6.92 Å². The van der Waals surface area contributed by atoms with Gasteiger partial charge in [0.25, 0.3) is 0 Å². The summed E-state index contributed by atoms with van der Waals surface area (Å²) in [4.78, 5) is 4.65. The molecule has 0 radical (unpaired) electrons. The molecule has 0 fully saturated rings. The third kappa shape index (κ3) is 4.70. The number of rotatable bonds is 5. The van der Waals surface area contributed by atoms with Crippen molar-refractivity contribution in [2.75, 3.05) is 12.4 Å². The largest absolute Gasteiger partial charge is 0.573 e. The van der Waals surface area contributed by atoms with Crippen LogP contribution in [0.2, 0.25) is 0 Å². The lowest BCUT2D eigenvalue weighted by Gasteiger charge is -2.26. The summed E-state index contributed by atoms with van der Waals surface area (Å²) < 4.78 is 50.6. The summed E-state index contributed by atoms with van der Waals surface area (Å²) in [5.74, 6) is 1.25. The number of nitrogens with one attached hydrogen (secondary N) is 1. The summed E-state index contributed by atoms with van der Waals surface area (Å²) in [5.41, 5.74) is 3.68. The number of ether oxygens (including phenoxy) is 2. The quantitative estimate of drug-likeness (QED) is 0.369. The average molecular weight is 478 g/mol. The lowest BCUT2D eigenvalue weighted by Crippen LogP contribution is -2.23. The second-order valence-electron chi connectivity index (χ2n) is 8.03. The van der Waals surface area contributed by atoms with Gasteiger partial charge in [0, 0.05) is 16.8 Å². The first kappa shape index (κ1) is 22.5. The topological polar surface area (TPSA) is 61.2 Å². The molecule has 4 aromatic rings. The van der Waals surface area contributed by atoms with Gasteiger partial charge in [-0.05, 0) is 48.9 Å². The van der Waals surface area contributed by atoms with E-state index in [-0.39, 0.29) is 5.75 Å². The number of anilines is 1. The van der Waals surface area contributed by atoms with Crippen LogP contribution in [0.4, 0.5) is 19.1 Å². The molecule has 1 aromatic heterocycles. The molecule has 1 atom stereocenters. The molecule has 2 heterocycles. The zero-order valence-corrected chi connectivity index (χ0v) is 18.9. The normalized spacial score (nSPS) is 15.1. The van der Waals surface area contributed by atoms with Crippen molar-refractivity contribution >= 4 is 11.6 Å². The van der Waals surface area contributed by atoms with Crippen LogP contribution in [0.3, 0.4) is 0 Å². The Morgan fingerprint density at radius 2 is 1.60 bits per heavy atom. The number of nitrogens with zero attached hydrogens (tertiary/aromatic N) is 3. The first-order chi connectivity index (χ1) is 16.8. The van der Waals surface area contributed by atoms with Crippen LogP contribution in [0.1, 0.15) is 22.7 Å². The number of benzene rings is 3. The lowest BCUT2D eigenvalue weighted by atomic mass is 10.0. The molecular formula is C26H21F3N4O2. The Morgan fingerprint density at radius 1 is 0.914 bits per heavy atom. The SMILES string of the molecule is COc1ccc(C2=CC(c3ccccc3OC(F)(F)F)n3nc(-c4ccc(C)cc4)nc3N2)cc1. The monoisotopic (exact) mass is 478 g/mol. The maximum Gasteiger partial charge on any atom is 0.573 e. The fourth-order valence-corrected chi connectivity index (χ4v) is 3.92.